The molecule has 1 fully saturated rings. The second-order valence-electron chi connectivity index (χ2n) is 2.84. The maximum atomic E-state index is 9.29. The van der Waals surface area contributed by atoms with Crippen LogP contribution in [0.3, 0.4) is 0 Å². The molecule has 4 N–H and O–H groups in total. The molecule has 13 heavy (non-hydrogen) atoms. The van der Waals surface area contributed by atoms with Crippen molar-refractivity contribution in [2.75, 3.05) is 19.8 Å². The van der Waals surface area contributed by atoms with Gasteiger partial charge in [0.05, 0.1) is 19.8 Å². The van der Waals surface area contributed by atoms with Crippen molar-refractivity contribution in [2.45, 2.75) is 24.6 Å². The largest absolute Gasteiger partial charge is 0.394 e. The van der Waals surface area contributed by atoms with Crippen LogP contribution in [0.1, 0.15) is 0 Å². The van der Waals surface area contributed by atoms with E-state index in [9.17, 15) is 10.2 Å². The van der Waals surface area contributed by atoms with Gasteiger partial charge in [-0.25, -0.2) is 0 Å². The number of hydrogen-bond donors (Lipinski definition) is 4. The quantitative estimate of drug-likeness (QED) is 0.394. The van der Waals surface area contributed by atoms with Gasteiger partial charge in [0.25, 0.3) is 0 Å². The Balaban J connectivity index is 2.39. The van der Waals surface area contributed by atoms with Crippen LogP contribution in [0.2, 0.25) is 0 Å². The molecule has 0 bridgehead atoms. The maximum Gasteiger partial charge on any atom is 0.186 e. The second-order valence-corrected chi connectivity index (χ2v) is 2.84. The molecule has 0 amide bonds. The third kappa shape index (κ3) is 2.60. The molecule has 0 spiro atoms. The summed E-state index contributed by atoms with van der Waals surface area (Å²) in [7, 11) is 0. The van der Waals surface area contributed by atoms with Crippen LogP contribution >= 0.6 is 0 Å². The lowest BCUT2D eigenvalue weighted by Gasteiger charge is -2.34. The molecular weight excluding hydrogens is 180 g/mol. The van der Waals surface area contributed by atoms with E-state index in [1.54, 1.807) is 0 Å². The van der Waals surface area contributed by atoms with Gasteiger partial charge in [0, 0.05) is 0 Å². The minimum absolute atomic E-state index is 0.0184. The molecule has 6 heteroatoms. The van der Waals surface area contributed by atoms with E-state index in [1.165, 1.54) is 0 Å². The number of ether oxygens (including phenoxy) is 2. The Morgan fingerprint density at radius 2 is 1.92 bits per heavy atom. The average Bonchev–Trinajstić information content (AvgIpc) is 2.13. The van der Waals surface area contributed by atoms with Gasteiger partial charge in [-0.2, -0.15) is 0 Å². The average molecular weight is 194 g/mol. The molecule has 0 radical (unpaired) electrons. The molecule has 1 aliphatic heterocycles. The van der Waals surface area contributed by atoms with Crippen LogP contribution in [0.25, 0.3) is 0 Å². The molecule has 1 saturated heterocycles. The first-order valence-electron chi connectivity index (χ1n) is 4.05. The molecule has 78 valence electrons. The fourth-order valence-electron chi connectivity index (χ4n) is 1.09. The molecular formula is C7H14O6. The Morgan fingerprint density at radius 1 is 1.23 bits per heavy atom. The molecule has 4 atom stereocenters. The number of hydrogen-bond acceptors (Lipinski definition) is 6. The zero-order chi connectivity index (χ0) is 9.84. The summed E-state index contributed by atoms with van der Waals surface area (Å²) in [4.78, 5) is 0. The highest BCUT2D eigenvalue weighted by Gasteiger charge is 2.37. The molecule has 1 heterocycles. The van der Waals surface area contributed by atoms with Gasteiger partial charge in [0.2, 0.25) is 0 Å². The summed E-state index contributed by atoms with van der Waals surface area (Å²) in [5.41, 5.74) is 0. The second kappa shape index (κ2) is 4.85. The summed E-state index contributed by atoms with van der Waals surface area (Å²) in [5.74, 6) is 0. The molecule has 0 saturated carbocycles. The van der Waals surface area contributed by atoms with Crippen LogP contribution in [0, 0.1) is 0 Å². The van der Waals surface area contributed by atoms with E-state index in [0.29, 0.717) is 0 Å². The van der Waals surface area contributed by atoms with Gasteiger partial charge in [-0.15, -0.1) is 0 Å². The van der Waals surface area contributed by atoms with Crippen LogP contribution in [-0.2, 0) is 9.47 Å². The molecule has 0 aromatic rings. The molecule has 1 aliphatic rings. The third-order valence-corrected chi connectivity index (χ3v) is 1.83. The summed E-state index contributed by atoms with van der Waals surface area (Å²) in [5, 5.41) is 36.0. The van der Waals surface area contributed by atoms with Crippen molar-refractivity contribution in [1.29, 1.82) is 0 Å². The highest BCUT2D eigenvalue weighted by molar-refractivity contribution is 4.82. The zero-order valence-electron chi connectivity index (χ0n) is 7.04. The normalized spacial score (nSPS) is 40.6. The van der Waals surface area contributed by atoms with Crippen molar-refractivity contribution in [3.63, 3.8) is 0 Å². The fourth-order valence-corrected chi connectivity index (χ4v) is 1.09. The lowest BCUT2D eigenvalue weighted by atomic mass is 10.1. The first-order chi connectivity index (χ1) is 6.16. The van der Waals surface area contributed by atoms with Crippen LogP contribution < -0.4 is 0 Å². The van der Waals surface area contributed by atoms with Crippen LogP contribution in [0.15, 0.2) is 0 Å². The van der Waals surface area contributed by atoms with E-state index in [-0.39, 0.29) is 19.8 Å². The summed E-state index contributed by atoms with van der Waals surface area (Å²) in [6.07, 6.45) is -4.62. The Labute approximate surface area is 75.3 Å². The fraction of sp³-hybridized carbons (Fsp3) is 1.00. The first-order valence-corrected chi connectivity index (χ1v) is 4.05. The lowest BCUT2D eigenvalue weighted by molar-refractivity contribution is -0.271. The SMILES string of the molecule is OCCO[C@@H]1OC[C@@H](O)[C@H](O)[C@H]1O. The minimum atomic E-state index is -1.28. The van der Waals surface area contributed by atoms with Crippen molar-refractivity contribution in [2.24, 2.45) is 0 Å². The first kappa shape index (κ1) is 10.8. The summed E-state index contributed by atoms with van der Waals surface area (Å²) < 4.78 is 9.75. The van der Waals surface area contributed by atoms with Gasteiger partial charge >= 0.3 is 0 Å². The van der Waals surface area contributed by atoms with Gasteiger partial charge in [0.15, 0.2) is 6.29 Å². The van der Waals surface area contributed by atoms with Gasteiger partial charge in [-0.1, -0.05) is 0 Å². The van der Waals surface area contributed by atoms with E-state index < -0.39 is 24.6 Å². The Kier molecular flexibility index (Phi) is 4.04. The monoisotopic (exact) mass is 194 g/mol. The van der Waals surface area contributed by atoms with E-state index in [0.717, 1.165) is 0 Å². The number of aliphatic hydroxyl groups is 4. The Hall–Kier alpha value is -0.240. The topological polar surface area (TPSA) is 99.4 Å². The zero-order valence-corrected chi connectivity index (χ0v) is 7.04. The summed E-state index contributed by atoms with van der Waals surface area (Å²) in [6, 6.07) is 0. The summed E-state index contributed by atoms with van der Waals surface area (Å²) in [6.45, 7) is -0.260. The lowest BCUT2D eigenvalue weighted by Crippen LogP contribution is -2.53. The Bertz CT molecular complexity index is 150. The number of rotatable bonds is 3. The minimum Gasteiger partial charge on any atom is -0.394 e. The smallest absolute Gasteiger partial charge is 0.186 e. The van der Waals surface area contributed by atoms with Gasteiger partial charge < -0.3 is 29.9 Å². The van der Waals surface area contributed by atoms with Crippen molar-refractivity contribution in [3.05, 3.63) is 0 Å². The van der Waals surface area contributed by atoms with Gasteiger partial charge in [-0.3, -0.25) is 0 Å². The molecule has 0 aromatic heterocycles. The summed E-state index contributed by atoms with van der Waals surface area (Å²) >= 11 is 0. The predicted molar refractivity (Wildman–Crippen MR) is 40.8 cm³/mol. The highest BCUT2D eigenvalue weighted by Crippen LogP contribution is 2.16. The van der Waals surface area contributed by atoms with Crippen molar-refractivity contribution < 1.29 is 29.9 Å². The predicted octanol–water partition coefficient (Wildman–Crippen LogP) is -2.57. The molecule has 0 aliphatic carbocycles. The molecule has 0 aromatic carbocycles. The van der Waals surface area contributed by atoms with Gasteiger partial charge in [-0.05, 0) is 0 Å². The highest BCUT2D eigenvalue weighted by atomic mass is 16.7. The van der Waals surface area contributed by atoms with Crippen LogP contribution in [-0.4, -0.2) is 64.8 Å². The molecule has 1 rings (SSSR count). The molecule has 0 unspecified atom stereocenters. The van der Waals surface area contributed by atoms with E-state index in [4.69, 9.17) is 19.7 Å². The van der Waals surface area contributed by atoms with Crippen molar-refractivity contribution in [3.8, 4) is 0 Å². The van der Waals surface area contributed by atoms with Crippen molar-refractivity contribution in [1.82, 2.24) is 0 Å². The van der Waals surface area contributed by atoms with E-state index in [2.05, 4.69) is 0 Å². The van der Waals surface area contributed by atoms with E-state index >= 15 is 0 Å². The number of aliphatic hydroxyl groups excluding tert-OH is 4. The Morgan fingerprint density at radius 3 is 2.54 bits per heavy atom. The molecule has 6 nitrogen and oxygen atoms in total. The van der Waals surface area contributed by atoms with Crippen LogP contribution in [0.5, 0.6) is 0 Å². The van der Waals surface area contributed by atoms with Crippen molar-refractivity contribution >= 4 is 0 Å². The standard InChI is InChI=1S/C7H14O6/c8-1-2-12-7-6(11)5(10)4(9)3-13-7/h4-11H,1-3H2/t4-,5+,6-,7-/m1/s1. The maximum absolute atomic E-state index is 9.29. The van der Waals surface area contributed by atoms with Gasteiger partial charge in [0.1, 0.15) is 18.3 Å². The third-order valence-electron chi connectivity index (χ3n) is 1.83. The van der Waals surface area contributed by atoms with Crippen LogP contribution in [0.4, 0.5) is 0 Å². The van der Waals surface area contributed by atoms with E-state index in [1.807, 2.05) is 0 Å².